The molecule has 2 atom stereocenters. The zero-order valence-corrected chi connectivity index (χ0v) is 16.1. The second-order valence-electron chi connectivity index (χ2n) is 8.20. The third-order valence-electron chi connectivity index (χ3n) is 6.39. The molecule has 2 heterocycles. The number of hydrogen-bond acceptors (Lipinski definition) is 2. The lowest BCUT2D eigenvalue weighted by molar-refractivity contribution is -0.195. The van der Waals surface area contributed by atoms with Gasteiger partial charge in [0.15, 0.2) is 0 Å². The molecule has 154 valence electrons. The highest BCUT2D eigenvalue weighted by atomic mass is 19.3. The molecule has 2 fully saturated rings. The number of nitrogens with zero attached hydrogens (tertiary/aromatic N) is 1. The molecule has 2 aliphatic rings. The predicted octanol–water partition coefficient (Wildman–Crippen LogP) is 4.12. The van der Waals surface area contributed by atoms with E-state index in [4.69, 9.17) is 0 Å². The standard InChI is InChI=1S/C21H25F2N3O2.2H2/c1-3-15(19(28)26-9-8-20(12-26)6-7-21(20,22)23)25-18(27)17-11-14-10-13(2)4-5-16(14)24-17;;/h4-5,10-11,15,24H,3,6-9,12H2,1-2H3,(H,25,27);2*1H/t15-,20?;;/m1../s1. The molecule has 7 heteroatoms. The molecular weight excluding hydrogens is 364 g/mol. The van der Waals surface area contributed by atoms with Crippen LogP contribution in [0.5, 0.6) is 0 Å². The Morgan fingerprint density at radius 1 is 1.29 bits per heavy atom. The number of hydrogen-bond donors (Lipinski definition) is 2. The highest BCUT2D eigenvalue weighted by Crippen LogP contribution is 2.58. The van der Waals surface area contributed by atoms with Gasteiger partial charge in [-0.05, 0) is 44.4 Å². The van der Waals surface area contributed by atoms with Crippen LogP contribution in [0, 0.1) is 12.3 Å². The Bertz CT molecular complexity index is 949. The lowest BCUT2D eigenvalue weighted by Crippen LogP contribution is -2.54. The van der Waals surface area contributed by atoms with Crippen molar-refractivity contribution < 1.29 is 21.2 Å². The zero-order chi connectivity index (χ0) is 20.1. The fourth-order valence-corrected chi connectivity index (χ4v) is 4.40. The van der Waals surface area contributed by atoms with Crippen molar-refractivity contribution in [2.24, 2.45) is 5.41 Å². The second kappa shape index (κ2) is 6.57. The number of likely N-dealkylation sites (tertiary alicyclic amines) is 1. The number of aromatic nitrogens is 1. The predicted molar refractivity (Wildman–Crippen MR) is 107 cm³/mol. The van der Waals surface area contributed by atoms with E-state index in [1.54, 1.807) is 13.0 Å². The Kier molecular flexibility index (Phi) is 4.43. The van der Waals surface area contributed by atoms with Gasteiger partial charge >= 0.3 is 0 Å². The number of carbonyl (C=O) groups excluding carboxylic acids is 2. The topological polar surface area (TPSA) is 65.2 Å². The Hall–Kier alpha value is -2.44. The van der Waals surface area contributed by atoms with Gasteiger partial charge in [0.05, 0.1) is 5.41 Å². The third-order valence-corrected chi connectivity index (χ3v) is 6.39. The van der Waals surface area contributed by atoms with Crippen LogP contribution < -0.4 is 5.32 Å². The SMILES string of the molecule is CC[C@@H](NC(=O)c1cc2cc(C)ccc2[nH]1)C(=O)N1CCC2(CCC2(F)F)C1.[HH].[HH]. The third kappa shape index (κ3) is 2.97. The molecule has 2 N–H and O–H groups in total. The summed E-state index contributed by atoms with van der Waals surface area (Å²) in [5.41, 5.74) is 1.27. The molecule has 1 saturated heterocycles. The molecule has 4 rings (SSSR count). The Balaban J connectivity index is 0.00000160. The zero-order valence-electron chi connectivity index (χ0n) is 16.1. The summed E-state index contributed by atoms with van der Waals surface area (Å²) >= 11 is 0. The number of amides is 2. The van der Waals surface area contributed by atoms with Crippen LogP contribution in [0.2, 0.25) is 0 Å². The van der Waals surface area contributed by atoms with Gasteiger partial charge < -0.3 is 15.2 Å². The van der Waals surface area contributed by atoms with Crippen molar-refractivity contribution in [2.45, 2.75) is 51.5 Å². The fourth-order valence-electron chi connectivity index (χ4n) is 4.40. The molecule has 0 radical (unpaired) electrons. The Morgan fingerprint density at radius 3 is 2.68 bits per heavy atom. The van der Waals surface area contributed by atoms with Gasteiger partial charge in [0.1, 0.15) is 11.7 Å². The monoisotopic (exact) mass is 393 g/mol. The van der Waals surface area contributed by atoms with E-state index in [-0.39, 0.29) is 27.6 Å². The molecule has 5 nitrogen and oxygen atoms in total. The van der Waals surface area contributed by atoms with Crippen LogP contribution in [0.15, 0.2) is 24.3 Å². The second-order valence-corrected chi connectivity index (χ2v) is 8.20. The van der Waals surface area contributed by atoms with Gasteiger partial charge in [-0.2, -0.15) is 0 Å². The van der Waals surface area contributed by atoms with Crippen LogP contribution in [-0.2, 0) is 4.79 Å². The quantitative estimate of drug-likeness (QED) is 0.821. The first-order valence-corrected chi connectivity index (χ1v) is 9.81. The number of nitrogens with one attached hydrogen (secondary N) is 2. The summed E-state index contributed by atoms with van der Waals surface area (Å²) in [6.45, 7) is 4.19. The van der Waals surface area contributed by atoms with Gasteiger partial charge in [-0.25, -0.2) is 8.78 Å². The molecule has 28 heavy (non-hydrogen) atoms. The normalized spacial score (nSPS) is 24.4. The molecule has 2 amide bonds. The first-order chi connectivity index (χ1) is 13.2. The van der Waals surface area contributed by atoms with E-state index in [0.29, 0.717) is 31.5 Å². The summed E-state index contributed by atoms with van der Waals surface area (Å²) in [7, 11) is 0. The van der Waals surface area contributed by atoms with E-state index in [9.17, 15) is 18.4 Å². The summed E-state index contributed by atoms with van der Waals surface area (Å²) in [6, 6.07) is 6.89. The molecule has 1 spiro atoms. The highest BCUT2D eigenvalue weighted by Gasteiger charge is 2.64. The van der Waals surface area contributed by atoms with Crippen molar-refractivity contribution >= 4 is 22.7 Å². The summed E-state index contributed by atoms with van der Waals surface area (Å²) in [6.07, 6.45) is 1.10. The average Bonchev–Trinajstić information content (AvgIpc) is 3.30. The van der Waals surface area contributed by atoms with Crippen LogP contribution >= 0.6 is 0 Å². The van der Waals surface area contributed by atoms with E-state index in [0.717, 1.165) is 16.5 Å². The number of carbonyl (C=O) groups is 2. The van der Waals surface area contributed by atoms with Gasteiger partial charge in [0.2, 0.25) is 5.91 Å². The molecule has 1 aromatic heterocycles. The van der Waals surface area contributed by atoms with Gasteiger partial charge in [0, 0.05) is 33.3 Å². The number of H-pyrrole nitrogens is 1. The van der Waals surface area contributed by atoms with Crippen molar-refractivity contribution in [3.05, 3.63) is 35.5 Å². The van der Waals surface area contributed by atoms with Gasteiger partial charge in [-0.15, -0.1) is 0 Å². The molecule has 2 aromatic rings. The Morgan fingerprint density at radius 2 is 2.07 bits per heavy atom. The van der Waals surface area contributed by atoms with Crippen molar-refractivity contribution in [1.29, 1.82) is 0 Å². The van der Waals surface area contributed by atoms with E-state index in [1.165, 1.54) is 4.90 Å². The number of rotatable bonds is 4. The molecule has 1 aromatic carbocycles. The fraction of sp³-hybridized carbons (Fsp3) is 0.524. The molecule has 0 bridgehead atoms. The largest absolute Gasteiger partial charge is 0.351 e. The average molecular weight is 393 g/mol. The van der Waals surface area contributed by atoms with Crippen LogP contribution in [0.1, 0.15) is 51.5 Å². The molecule has 1 aliphatic carbocycles. The number of fused-ring (bicyclic) bond motifs is 1. The van der Waals surface area contributed by atoms with E-state index in [2.05, 4.69) is 10.3 Å². The molecule has 1 unspecified atom stereocenters. The van der Waals surface area contributed by atoms with Crippen molar-refractivity contribution in [1.82, 2.24) is 15.2 Å². The maximum atomic E-state index is 14.0. The van der Waals surface area contributed by atoms with Gasteiger partial charge in [-0.3, -0.25) is 9.59 Å². The van der Waals surface area contributed by atoms with Crippen molar-refractivity contribution in [2.75, 3.05) is 13.1 Å². The molecule has 1 saturated carbocycles. The first-order valence-electron chi connectivity index (χ1n) is 9.81. The van der Waals surface area contributed by atoms with Crippen LogP contribution in [0.4, 0.5) is 8.78 Å². The number of benzene rings is 1. The summed E-state index contributed by atoms with van der Waals surface area (Å²) in [4.78, 5) is 30.1. The summed E-state index contributed by atoms with van der Waals surface area (Å²) < 4.78 is 27.9. The molecular formula is C21H29F2N3O2. The maximum absolute atomic E-state index is 14.0. The lowest BCUT2D eigenvalue weighted by Gasteiger charge is -2.46. The first kappa shape index (κ1) is 18.9. The summed E-state index contributed by atoms with van der Waals surface area (Å²) in [5.74, 6) is -3.32. The minimum atomic E-state index is -2.69. The summed E-state index contributed by atoms with van der Waals surface area (Å²) in [5, 5.41) is 3.70. The van der Waals surface area contributed by atoms with E-state index < -0.39 is 17.4 Å². The smallest absolute Gasteiger partial charge is 0.268 e. The highest BCUT2D eigenvalue weighted by molar-refractivity contribution is 6.00. The number of aromatic amines is 1. The minimum absolute atomic E-state index is 0. The maximum Gasteiger partial charge on any atom is 0.268 e. The number of alkyl halides is 2. The Labute approximate surface area is 165 Å². The van der Waals surface area contributed by atoms with Gasteiger partial charge in [0.25, 0.3) is 11.8 Å². The van der Waals surface area contributed by atoms with Crippen LogP contribution in [-0.4, -0.2) is 46.8 Å². The van der Waals surface area contributed by atoms with Crippen molar-refractivity contribution in [3.8, 4) is 0 Å². The number of halogens is 2. The van der Waals surface area contributed by atoms with Crippen LogP contribution in [0.25, 0.3) is 10.9 Å². The van der Waals surface area contributed by atoms with Crippen molar-refractivity contribution in [3.63, 3.8) is 0 Å². The van der Waals surface area contributed by atoms with Crippen LogP contribution in [0.3, 0.4) is 0 Å². The van der Waals surface area contributed by atoms with Gasteiger partial charge in [-0.1, -0.05) is 18.6 Å². The van der Waals surface area contributed by atoms with E-state index in [1.807, 2.05) is 25.1 Å². The lowest BCUT2D eigenvalue weighted by atomic mass is 9.64. The van der Waals surface area contributed by atoms with E-state index >= 15 is 0 Å². The number of aryl methyl sites for hydroxylation is 1. The molecule has 1 aliphatic heterocycles. The minimum Gasteiger partial charge on any atom is -0.351 e.